The first-order valence-corrected chi connectivity index (χ1v) is 9.79. The molecule has 1 atom stereocenters. The average molecular weight is 345 g/mol. The average Bonchev–Trinajstić information content (AvgIpc) is 3.38. The number of ether oxygens (including phenoxy) is 1. The lowest BCUT2D eigenvalue weighted by molar-refractivity contribution is 0.311. The Kier molecular flexibility index (Phi) is 6.98. The van der Waals surface area contributed by atoms with Crippen molar-refractivity contribution >= 4 is 5.96 Å². The van der Waals surface area contributed by atoms with Crippen LogP contribution in [0.2, 0.25) is 0 Å². The van der Waals surface area contributed by atoms with Crippen molar-refractivity contribution in [1.82, 2.24) is 15.5 Å². The summed E-state index contributed by atoms with van der Waals surface area (Å²) in [5.74, 6) is 2.59. The number of guanidine groups is 1. The van der Waals surface area contributed by atoms with Crippen molar-refractivity contribution in [3.63, 3.8) is 0 Å². The van der Waals surface area contributed by atoms with Crippen molar-refractivity contribution in [3.05, 3.63) is 30.3 Å². The molecule has 5 heteroatoms. The zero-order valence-corrected chi connectivity index (χ0v) is 15.4. The smallest absolute Gasteiger partial charge is 0.191 e. The van der Waals surface area contributed by atoms with Crippen LogP contribution in [-0.2, 0) is 0 Å². The number of nitrogens with one attached hydrogen (secondary N) is 2. The summed E-state index contributed by atoms with van der Waals surface area (Å²) in [5.41, 5.74) is 0. The molecule has 1 unspecified atom stereocenters. The van der Waals surface area contributed by atoms with Gasteiger partial charge in [-0.3, -0.25) is 4.99 Å². The lowest BCUT2D eigenvalue weighted by Crippen LogP contribution is -2.38. The minimum Gasteiger partial charge on any atom is -0.494 e. The first-order chi connectivity index (χ1) is 12.3. The minimum absolute atomic E-state index is 0.718. The zero-order chi connectivity index (χ0) is 17.3. The molecular weight excluding hydrogens is 312 g/mol. The molecule has 1 aromatic rings. The number of benzene rings is 1. The van der Waals surface area contributed by atoms with Crippen LogP contribution in [0.5, 0.6) is 5.75 Å². The molecule has 1 aromatic carbocycles. The molecule has 2 fully saturated rings. The van der Waals surface area contributed by atoms with E-state index in [1.807, 2.05) is 30.3 Å². The molecule has 0 aromatic heterocycles. The van der Waals surface area contributed by atoms with E-state index < -0.39 is 0 Å². The van der Waals surface area contributed by atoms with Crippen molar-refractivity contribution in [2.45, 2.75) is 38.6 Å². The van der Waals surface area contributed by atoms with Gasteiger partial charge in [-0.25, -0.2) is 0 Å². The molecule has 2 N–H and O–H groups in total. The second-order valence-electron chi connectivity index (χ2n) is 7.04. The molecular formula is C20H32N4O. The van der Waals surface area contributed by atoms with Gasteiger partial charge in [-0.2, -0.15) is 0 Å². The monoisotopic (exact) mass is 344 g/mol. The summed E-state index contributed by atoms with van der Waals surface area (Å²) in [6.07, 6.45) is 5.07. The predicted molar refractivity (Wildman–Crippen MR) is 103 cm³/mol. The van der Waals surface area contributed by atoms with E-state index >= 15 is 0 Å². The normalized spacial score (nSPS) is 21.3. The third kappa shape index (κ3) is 6.24. The predicted octanol–water partition coefficient (Wildman–Crippen LogP) is 2.49. The fourth-order valence-corrected chi connectivity index (χ4v) is 3.33. The summed E-state index contributed by atoms with van der Waals surface area (Å²) >= 11 is 0. The number of nitrogens with zero attached hydrogens (tertiary/aromatic N) is 2. The Labute approximate surface area is 151 Å². The van der Waals surface area contributed by atoms with Gasteiger partial charge in [0.1, 0.15) is 5.75 Å². The third-order valence-electron chi connectivity index (χ3n) is 4.86. The van der Waals surface area contributed by atoms with Crippen molar-refractivity contribution in [2.24, 2.45) is 10.9 Å². The van der Waals surface area contributed by atoms with E-state index in [0.29, 0.717) is 0 Å². The van der Waals surface area contributed by atoms with Crippen LogP contribution in [0, 0.1) is 5.92 Å². The van der Waals surface area contributed by atoms with Crippen LogP contribution >= 0.6 is 0 Å². The summed E-state index contributed by atoms with van der Waals surface area (Å²) in [5, 5.41) is 6.77. The van der Waals surface area contributed by atoms with Crippen molar-refractivity contribution in [3.8, 4) is 5.75 Å². The molecule has 0 amide bonds. The van der Waals surface area contributed by atoms with Gasteiger partial charge in [0.15, 0.2) is 5.96 Å². The molecule has 1 saturated carbocycles. The highest BCUT2D eigenvalue weighted by Gasteiger charge is 2.34. The molecule has 3 rings (SSSR count). The summed E-state index contributed by atoms with van der Waals surface area (Å²) in [6, 6.07) is 10.9. The number of aliphatic imine (C=N–C) groups is 1. The first kappa shape index (κ1) is 18.1. The van der Waals surface area contributed by atoms with E-state index in [4.69, 9.17) is 9.73 Å². The van der Waals surface area contributed by atoms with Gasteiger partial charge in [-0.1, -0.05) is 18.2 Å². The van der Waals surface area contributed by atoms with E-state index in [9.17, 15) is 0 Å². The molecule has 25 heavy (non-hydrogen) atoms. The fraction of sp³-hybridized carbons (Fsp3) is 0.650. The maximum atomic E-state index is 5.72. The summed E-state index contributed by atoms with van der Waals surface area (Å²) in [7, 11) is 0. The Morgan fingerprint density at radius 2 is 2.04 bits per heavy atom. The van der Waals surface area contributed by atoms with Gasteiger partial charge in [0.25, 0.3) is 0 Å². The van der Waals surface area contributed by atoms with E-state index in [0.717, 1.165) is 56.3 Å². The number of likely N-dealkylation sites (tertiary alicyclic amines) is 1. The zero-order valence-electron chi connectivity index (χ0n) is 15.4. The van der Waals surface area contributed by atoms with Crippen LogP contribution in [0.15, 0.2) is 35.3 Å². The Bertz CT molecular complexity index is 530. The molecule has 138 valence electrons. The van der Waals surface area contributed by atoms with Gasteiger partial charge in [-0.15, -0.1) is 0 Å². The van der Waals surface area contributed by atoms with Crippen LogP contribution in [0.3, 0.4) is 0 Å². The summed E-state index contributed by atoms with van der Waals surface area (Å²) < 4.78 is 5.72. The van der Waals surface area contributed by atoms with Gasteiger partial charge in [-0.05, 0) is 57.2 Å². The standard InChI is InChI=1S/C20H32N4O/c1-2-21-20(22-12-6-14-25-19-7-4-3-5-8-19)23-15-17-11-13-24(16-17)18-9-10-18/h3-5,7-8,17-18H,2,6,9-16H2,1H3,(H2,21,22,23). The van der Waals surface area contributed by atoms with Gasteiger partial charge >= 0.3 is 0 Å². The molecule has 1 aliphatic heterocycles. The molecule has 0 spiro atoms. The Morgan fingerprint density at radius 3 is 2.80 bits per heavy atom. The van der Waals surface area contributed by atoms with E-state index in [1.165, 1.54) is 32.4 Å². The minimum atomic E-state index is 0.718. The molecule has 1 saturated heterocycles. The van der Waals surface area contributed by atoms with Crippen LogP contribution in [0.1, 0.15) is 32.6 Å². The topological polar surface area (TPSA) is 48.9 Å². The highest BCUT2D eigenvalue weighted by Crippen LogP contribution is 2.31. The largest absolute Gasteiger partial charge is 0.494 e. The molecule has 0 radical (unpaired) electrons. The second kappa shape index (κ2) is 9.66. The molecule has 1 aliphatic carbocycles. The lowest BCUT2D eigenvalue weighted by atomic mass is 10.1. The highest BCUT2D eigenvalue weighted by atomic mass is 16.5. The number of hydrogen-bond donors (Lipinski definition) is 2. The molecule has 0 bridgehead atoms. The Balaban J connectivity index is 1.32. The van der Waals surface area contributed by atoms with Crippen LogP contribution < -0.4 is 15.4 Å². The van der Waals surface area contributed by atoms with Gasteiger partial charge in [0.2, 0.25) is 0 Å². The van der Waals surface area contributed by atoms with Crippen LogP contribution in [-0.4, -0.2) is 56.2 Å². The Morgan fingerprint density at radius 1 is 1.20 bits per heavy atom. The van der Waals surface area contributed by atoms with Crippen LogP contribution in [0.4, 0.5) is 0 Å². The number of para-hydroxylation sites is 1. The van der Waals surface area contributed by atoms with Crippen molar-refractivity contribution in [2.75, 3.05) is 39.3 Å². The quantitative estimate of drug-likeness (QED) is 0.410. The fourth-order valence-electron chi connectivity index (χ4n) is 3.33. The van der Waals surface area contributed by atoms with Gasteiger partial charge in [0.05, 0.1) is 6.61 Å². The number of rotatable bonds is 9. The molecule has 2 aliphatic rings. The number of hydrogen-bond acceptors (Lipinski definition) is 3. The van der Waals surface area contributed by atoms with E-state index in [1.54, 1.807) is 0 Å². The van der Waals surface area contributed by atoms with E-state index in [-0.39, 0.29) is 0 Å². The summed E-state index contributed by atoms with van der Waals surface area (Å²) in [4.78, 5) is 7.45. The first-order valence-electron chi connectivity index (χ1n) is 9.79. The van der Waals surface area contributed by atoms with Crippen LogP contribution in [0.25, 0.3) is 0 Å². The van der Waals surface area contributed by atoms with E-state index in [2.05, 4.69) is 22.5 Å². The van der Waals surface area contributed by atoms with Crippen molar-refractivity contribution in [1.29, 1.82) is 0 Å². The third-order valence-corrected chi connectivity index (χ3v) is 4.86. The maximum Gasteiger partial charge on any atom is 0.191 e. The lowest BCUT2D eigenvalue weighted by Gasteiger charge is -2.15. The second-order valence-corrected chi connectivity index (χ2v) is 7.04. The molecule has 1 heterocycles. The molecule has 5 nitrogen and oxygen atoms in total. The summed E-state index contributed by atoms with van der Waals surface area (Å²) in [6.45, 7) is 8.03. The Hall–Kier alpha value is -1.75. The van der Waals surface area contributed by atoms with Gasteiger partial charge in [0, 0.05) is 32.2 Å². The van der Waals surface area contributed by atoms with Crippen molar-refractivity contribution < 1.29 is 4.74 Å². The SMILES string of the molecule is CCNC(=NCC1CCN(C2CC2)C1)NCCCOc1ccccc1. The highest BCUT2D eigenvalue weighted by molar-refractivity contribution is 5.79. The maximum absolute atomic E-state index is 5.72. The van der Waals surface area contributed by atoms with Gasteiger partial charge < -0.3 is 20.3 Å².